The standard InChI is InChI=1S/C14H19IO2/c1-2-3-9-11-12(15)13(16)14(17-11)10-7-5-4-6-8-10/h4-8,11-14,16H,2-3,9H2,1H3/t11-,12-,13-,14-/m0/s1. The lowest BCUT2D eigenvalue weighted by Gasteiger charge is -2.14. The fourth-order valence-corrected chi connectivity index (χ4v) is 3.19. The summed E-state index contributed by atoms with van der Waals surface area (Å²) in [6, 6.07) is 10.0. The summed E-state index contributed by atoms with van der Waals surface area (Å²) in [5.41, 5.74) is 1.08. The summed E-state index contributed by atoms with van der Waals surface area (Å²) >= 11 is 2.33. The van der Waals surface area contributed by atoms with Crippen LogP contribution in [0, 0.1) is 0 Å². The lowest BCUT2D eigenvalue weighted by molar-refractivity contribution is 0.00583. The van der Waals surface area contributed by atoms with Crippen LogP contribution in [0.2, 0.25) is 0 Å². The van der Waals surface area contributed by atoms with Crippen molar-refractivity contribution in [3.8, 4) is 0 Å². The van der Waals surface area contributed by atoms with Gasteiger partial charge in [0.15, 0.2) is 0 Å². The van der Waals surface area contributed by atoms with Crippen molar-refractivity contribution in [2.75, 3.05) is 0 Å². The van der Waals surface area contributed by atoms with E-state index in [9.17, 15) is 5.11 Å². The number of unbranched alkanes of at least 4 members (excludes halogenated alkanes) is 1. The third-order valence-corrected chi connectivity index (χ3v) is 4.82. The first-order valence-electron chi connectivity index (χ1n) is 6.26. The average molecular weight is 346 g/mol. The second kappa shape index (κ2) is 6.16. The van der Waals surface area contributed by atoms with Crippen LogP contribution in [-0.4, -0.2) is 21.2 Å². The predicted molar refractivity (Wildman–Crippen MR) is 77.4 cm³/mol. The molecular weight excluding hydrogens is 327 g/mol. The molecule has 1 aromatic carbocycles. The molecule has 1 aliphatic heterocycles. The number of halogens is 1. The fraction of sp³-hybridized carbons (Fsp3) is 0.571. The second-order valence-electron chi connectivity index (χ2n) is 4.58. The van der Waals surface area contributed by atoms with Crippen LogP contribution < -0.4 is 0 Å². The Kier molecular flexibility index (Phi) is 4.82. The van der Waals surface area contributed by atoms with Gasteiger partial charge in [-0.3, -0.25) is 0 Å². The van der Waals surface area contributed by atoms with Crippen LogP contribution in [0.1, 0.15) is 37.9 Å². The Morgan fingerprint density at radius 1 is 1.29 bits per heavy atom. The molecule has 0 unspecified atom stereocenters. The van der Waals surface area contributed by atoms with Gasteiger partial charge in [-0.2, -0.15) is 0 Å². The molecule has 0 aromatic heterocycles. The van der Waals surface area contributed by atoms with Crippen molar-refractivity contribution in [1.29, 1.82) is 0 Å². The molecule has 1 saturated heterocycles. The maximum absolute atomic E-state index is 10.2. The van der Waals surface area contributed by atoms with E-state index < -0.39 is 0 Å². The van der Waals surface area contributed by atoms with E-state index in [4.69, 9.17) is 4.74 Å². The summed E-state index contributed by atoms with van der Waals surface area (Å²) in [6.45, 7) is 2.18. The van der Waals surface area contributed by atoms with Crippen molar-refractivity contribution >= 4 is 22.6 Å². The van der Waals surface area contributed by atoms with E-state index >= 15 is 0 Å². The third kappa shape index (κ3) is 3.01. The topological polar surface area (TPSA) is 29.5 Å². The molecule has 3 heteroatoms. The summed E-state index contributed by atoms with van der Waals surface area (Å²) in [4.78, 5) is 0. The van der Waals surface area contributed by atoms with E-state index in [0.717, 1.165) is 12.0 Å². The van der Waals surface area contributed by atoms with Crippen molar-refractivity contribution in [3.05, 3.63) is 35.9 Å². The van der Waals surface area contributed by atoms with Gasteiger partial charge >= 0.3 is 0 Å². The van der Waals surface area contributed by atoms with Gasteiger partial charge in [-0.25, -0.2) is 0 Å². The number of ether oxygens (including phenoxy) is 1. The number of hydrogen-bond donors (Lipinski definition) is 1. The zero-order valence-corrected chi connectivity index (χ0v) is 12.2. The lowest BCUT2D eigenvalue weighted by Crippen LogP contribution is -2.24. The Balaban J connectivity index is 2.06. The first kappa shape index (κ1) is 13.3. The number of aliphatic hydroxyl groups excluding tert-OH is 1. The molecule has 0 radical (unpaired) electrons. The Morgan fingerprint density at radius 2 is 2.00 bits per heavy atom. The Hall–Kier alpha value is -0.130. The molecule has 0 bridgehead atoms. The highest BCUT2D eigenvalue weighted by molar-refractivity contribution is 14.1. The molecule has 2 nitrogen and oxygen atoms in total. The van der Waals surface area contributed by atoms with Gasteiger partial charge in [0.1, 0.15) is 6.10 Å². The Bertz CT molecular complexity index is 341. The van der Waals surface area contributed by atoms with Gasteiger partial charge in [0.05, 0.1) is 16.1 Å². The molecule has 1 N–H and O–H groups in total. The molecule has 2 rings (SSSR count). The van der Waals surface area contributed by atoms with Crippen LogP contribution in [0.25, 0.3) is 0 Å². The third-order valence-electron chi connectivity index (χ3n) is 3.28. The highest BCUT2D eigenvalue weighted by Gasteiger charge is 2.42. The zero-order chi connectivity index (χ0) is 12.3. The zero-order valence-electron chi connectivity index (χ0n) is 10.1. The highest BCUT2D eigenvalue weighted by Crippen LogP contribution is 2.39. The van der Waals surface area contributed by atoms with E-state index in [1.165, 1.54) is 12.8 Å². The second-order valence-corrected chi connectivity index (χ2v) is 6.02. The monoisotopic (exact) mass is 346 g/mol. The smallest absolute Gasteiger partial charge is 0.110 e. The maximum Gasteiger partial charge on any atom is 0.110 e. The number of alkyl halides is 1. The maximum atomic E-state index is 10.2. The molecule has 0 spiro atoms. The van der Waals surface area contributed by atoms with Crippen LogP contribution >= 0.6 is 22.6 Å². The first-order valence-corrected chi connectivity index (χ1v) is 7.51. The molecule has 1 aromatic rings. The van der Waals surface area contributed by atoms with E-state index in [2.05, 4.69) is 29.5 Å². The summed E-state index contributed by atoms with van der Waals surface area (Å²) < 4.78 is 6.22. The predicted octanol–water partition coefficient (Wildman–Crippen LogP) is 3.48. The molecule has 1 heterocycles. The largest absolute Gasteiger partial charge is 0.389 e. The fourth-order valence-electron chi connectivity index (χ4n) is 2.28. The number of aliphatic hydroxyl groups is 1. The SMILES string of the molecule is CCCC[C@@H]1O[C@@H](c2ccccc2)[C@@H](O)[C@H]1I. The van der Waals surface area contributed by atoms with Crippen LogP contribution in [-0.2, 0) is 4.74 Å². The minimum atomic E-state index is -0.389. The van der Waals surface area contributed by atoms with Crippen LogP contribution in [0.4, 0.5) is 0 Å². The average Bonchev–Trinajstić information content (AvgIpc) is 2.65. The van der Waals surface area contributed by atoms with Gasteiger partial charge in [-0.15, -0.1) is 0 Å². The lowest BCUT2D eigenvalue weighted by atomic mass is 10.0. The van der Waals surface area contributed by atoms with Crippen LogP contribution in [0.5, 0.6) is 0 Å². The molecular formula is C14H19IO2. The first-order chi connectivity index (χ1) is 8.24. The van der Waals surface area contributed by atoms with Crippen LogP contribution in [0.3, 0.4) is 0 Å². The Labute approximate surface area is 117 Å². The van der Waals surface area contributed by atoms with Crippen molar-refractivity contribution < 1.29 is 9.84 Å². The number of benzene rings is 1. The van der Waals surface area contributed by atoms with Gasteiger partial charge in [0, 0.05) is 0 Å². The van der Waals surface area contributed by atoms with E-state index in [1.807, 2.05) is 30.3 Å². The number of hydrogen-bond acceptors (Lipinski definition) is 2. The summed E-state index contributed by atoms with van der Waals surface area (Å²) in [6.07, 6.45) is 3.04. The van der Waals surface area contributed by atoms with Gasteiger partial charge < -0.3 is 9.84 Å². The molecule has 1 fully saturated rings. The summed E-state index contributed by atoms with van der Waals surface area (Å²) in [5, 5.41) is 10.2. The minimum absolute atomic E-state index is 0.153. The van der Waals surface area contributed by atoms with Crippen molar-refractivity contribution in [3.63, 3.8) is 0 Å². The Morgan fingerprint density at radius 3 is 2.65 bits per heavy atom. The van der Waals surface area contributed by atoms with Gasteiger partial charge in [0.2, 0.25) is 0 Å². The minimum Gasteiger partial charge on any atom is -0.389 e. The van der Waals surface area contributed by atoms with Gasteiger partial charge in [0.25, 0.3) is 0 Å². The summed E-state index contributed by atoms with van der Waals surface area (Å²) in [5.74, 6) is 0. The summed E-state index contributed by atoms with van der Waals surface area (Å²) in [7, 11) is 0. The molecule has 4 atom stereocenters. The quantitative estimate of drug-likeness (QED) is 0.668. The van der Waals surface area contributed by atoms with E-state index in [-0.39, 0.29) is 22.2 Å². The van der Waals surface area contributed by atoms with Crippen molar-refractivity contribution in [2.45, 2.75) is 48.4 Å². The molecule has 0 saturated carbocycles. The van der Waals surface area contributed by atoms with Crippen molar-refractivity contribution in [1.82, 2.24) is 0 Å². The molecule has 0 aliphatic carbocycles. The van der Waals surface area contributed by atoms with Gasteiger partial charge in [-0.05, 0) is 12.0 Å². The molecule has 17 heavy (non-hydrogen) atoms. The van der Waals surface area contributed by atoms with E-state index in [0.29, 0.717) is 0 Å². The number of rotatable bonds is 4. The van der Waals surface area contributed by atoms with Crippen molar-refractivity contribution in [2.24, 2.45) is 0 Å². The normalized spacial score (nSPS) is 32.9. The molecule has 1 aliphatic rings. The molecule has 0 amide bonds. The molecule has 94 valence electrons. The van der Waals surface area contributed by atoms with Crippen LogP contribution in [0.15, 0.2) is 30.3 Å². The highest BCUT2D eigenvalue weighted by atomic mass is 127. The van der Waals surface area contributed by atoms with E-state index in [1.54, 1.807) is 0 Å². The van der Waals surface area contributed by atoms with Gasteiger partial charge in [-0.1, -0.05) is 72.7 Å².